The maximum atomic E-state index is 12.9. The van der Waals surface area contributed by atoms with Gasteiger partial charge in [0.2, 0.25) is 21.8 Å². The second kappa shape index (κ2) is 6.52. The second-order valence-electron chi connectivity index (χ2n) is 8.95. The SMILES string of the molecule is CC(C)(C)c1ccc(S(=O)(=O)N2CC(N3C(=O)C4CC=CCC4C3=O)C2)cc1. The summed E-state index contributed by atoms with van der Waals surface area (Å²) in [4.78, 5) is 26.9. The molecule has 4 rings (SSSR count). The van der Waals surface area contributed by atoms with Crippen LogP contribution in [0.15, 0.2) is 41.3 Å². The van der Waals surface area contributed by atoms with Crippen molar-refractivity contribution >= 4 is 21.8 Å². The number of imide groups is 1. The van der Waals surface area contributed by atoms with Crippen LogP contribution < -0.4 is 0 Å². The zero-order chi connectivity index (χ0) is 20.3. The third kappa shape index (κ3) is 3.01. The first kappa shape index (κ1) is 19.3. The van der Waals surface area contributed by atoms with Gasteiger partial charge in [0.25, 0.3) is 0 Å². The highest BCUT2D eigenvalue weighted by molar-refractivity contribution is 7.89. The maximum absolute atomic E-state index is 12.9. The molecule has 0 bridgehead atoms. The number of rotatable bonds is 3. The van der Waals surface area contributed by atoms with Crippen LogP contribution in [0.3, 0.4) is 0 Å². The lowest BCUT2D eigenvalue weighted by Crippen LogP contribution is -2.62. The molecule has 0 aromatic heterocycles. The number of carbonyl (C=O) groups excluding carboxylic acids is 2. The van der Waals surface area contributed by atoms with E-state index in [1.807, 2.05) is 24.3 Å². The van der Waals surface area contributed by atoms with Crippen LogP contribution in [-0.2, 0) is 25.0 Å². The van der Waals surface area contributed by atoms with E-state index in [1.165, 1.54) is 9.21 Å². The average molecular weight is 403 g/mol. The summed E-state index contributed by atoms with van der Waals surface area (Å²) in [5, 5.41) is 0. The highest BCUT2D eigenvalue weighted by Crippen LogP contribution is 2.38. The molecule has 1 aromatic carbocycles. The molecule has 2 amide bonds. The van der Waals surface area contributed by atoms with Crippen molar-refractivity contribution in [2.75, 3.05) is 13.1 Å². The van der Waals surface area contributed by atoms with Gasteiger partial charge in [0.05, 0.1) is 22.8 Å². The normalized spacial score (nSPS) is 26.5. The van der Waals surface area contributed by atoms with Crippen LogP contribution in [0.2, 0.25) is 0 Å². The number of likely N-dealkylation sites (tertiary alicyclic amines) is 1. The fourth-order valence-electron chi connectivity index (χ4n) is 4.24. The first-order valence-electron chi connectivity index (χ1n) is 9.73. The number of benzene rings is 1. The third-order valence-corrected chi connectivity index (χ3v) is 7.94. The maximum Gasteiger partial charge on any atom is 0.243 e. The minimum atomic E-state index is -3.62. The quantitative estimate of drug-likeness (QED) is 0.574. The number of carbonyl (C=O) groups is 2. The van der Waals surface area contributed by atoms with Gasteiger partial charge in [0, 0.05) is 13.1 Å². The number of sulfonamides is 1. The van der Waals surface area contributed by atoms with E-state index in [9.17, 15) is 18.0 Å². The highest BCUT2D eigenvalue weighted by Gasteiger charge is 2.53. The van der Waals surface area contributed by atoms with Crippen LogP contribution in [0.4, 0.5) is 0 Å². The van der Waals surface area contributed by atoms with E-state index in [2.05, 4.69) is 20.8 Å². The summed E-state index contributed by atoms with van der Waals surface area (Å²) in [5.41, 5.74) is 1.02. The smallest absolute Gasteiger partial charge is 0.243 e. The van der Waals surface area contributed by atoms with Crippen molar-refractivity contribution in [3.8, 4) is 0 Å². The summed E-state index contributed by atoms with van der Waals surface area (Å²) in [6.45, 7) is 6.58. The van der Waals surface area contributed by atoms with E-state index in [4.69, 9.17) is 0 Å². The number of hydrogen-bond acceptors (Lipinski definition) is 4. The number of fused-ring (bicyclic) bond motifs is 1. The van der Waals surface area contributed by atoms with Gasteiger partial charge >= 0.3 is 0 Å². The van der Waals surface area contributed by atoms with Crippen molar-refractivity contribution in [1.29, 1.82) is 0 Å². The summed E-state index contributed by atoms with van der Waals surface area (Å²) in [6, 6.07) is 6.60. The third-order valence-electron chi connectivity index (χ3n) is 6.09. The van der Waals surface area contributed by atoms with Crippen LogP contribution in [0.1, 0.15) is 39.2 Å². The lowest BCUT2D eigenvalue weighted by Gasteiger charge is -2.42. The van der Waals surface area contributed by atoms with Gasteiger partial charge in [-0.25, -0.2) is 8.42 Å². The van der Waals surface area contributed by atoms with Crippen molar-refractivity contribution in [3.63, 3.8) is 0 Å². The molecule has 3 aliphatic rings. The zero-order valence-electron chi connectivity index (χ0n) is 16.5. The summed E-state index contributed by atoms with van der Waals surface area (Å²) in [7, 11) is -3.62. The minimum Gasteiger partial charge on any atom is -0.276 e. The standard InChI is InChI=1S/C21H26N2O4S/c1-21(2,3)14-8-10-16(11-9-14)28(26,27)22-12-15(13-22)23-19(24)17-6-4-5-7-18(17)20(23)25/h4-5,8-11,15,17-18H,6-7,12-13H2,1-3H3. The topological polar surface area (TPSA) is 74.8 Å². The van der Waals surface area contributed by atoms with Gasteiger partial charge in [-0.15, -0.1) is 0 Å². The van der Waals surface area contributed by atoms with Crippen molar-refractivity contribution < 1.29 is 18.0 Å². The van der Waals surface area contributed by atoms with E-state index >= 15 is 0 Å². The Morgan fingerprint density at radius 1 is 0.893 bits per heavy atom. The molecule has 7 heteroatoms. The molecular formula is C21H26N2O4S. The van der Waals surface area contributed by atoms with E-state index in [0.717, 1.165) is 5.56 Å². The predicted molar refractivity (Wildman–Crippen MR) is 105 cm³/mol. The fourth-order valence-corrected chi connectivity index (χ4v) is 5.75. The van der Waals surface area contributed by atoms with Gasteiger partial charge in [-0.1, -0.05) is 45.1 Å². The highest BCUT2D eigenvalue weighted by atomic mass is 32.2. The van der Waals surface area contributed by atoms with E-state index < -0.39 is 10.0 Å². The van der Waals surface area contributed by atoms with Crippen molar-refractivity contribution in [3.05, 3.63) is 42.0 Å². The molecule has 150 valence electrons. The lowest BCUT2D eigenvalue weighted by atomic mass is 9.85. The first-order valence-corrected chi connectivity index (χ1v) is 11.2. The predicted octanol–water partition coefficient (Wildman–Crippen LogP) is 2.31. The molecule has 1 aliphatic carbocycles. The molecule has 0 N–H and O–H groups in total. The Bertz CT molecular complexity index is 912. The van der Waals surface area contributed by atoms with Gasteiger partial charge in [0.15, 0.2) is 0 Å². The van der Waals surface area contributed by atoms with Crippen LogP contribution in [0.25, 0.3) is 0 Å². The van der Waals surface area contributed by atoms with E-state index in [0.29, 0.717) is 12.8 Å². The van der Waals surface area contributed by atoms with E-state index in [1.54, 1.807) is 12.1 Å². The summed E-state index contributed by atoms with van der Waals surface area (Å²) in [5.74, 6) is -0.826. The van der Waals surface area contributed by atoms with E-state index in [-0.39, 0.29) is 53.1 Å². The Hall–Kier alpha value is -1.99. The molecule has 28 heavy (non-hydrogen) atoms. The number of nitrogens with zero attached hydrogens (tertiary/aromatic N) is 2. The van der Waals surface area contributed by atoms with Gasteiger partial charge in [-0.2, -0.15) is 4.31 Å². The molecule has 0 saturated carbocycles. The van der Waals surface area contributed by atoms with Gasteiger partial charge < -0.3 is 0 Å². The van der Waals surface area contributed by atoms with Crippen molar-refractivity contribution in [1.82, 2.24) is 9.21 Å². The molecule has 6 nitrogen and oxygen atoms in total. The Kier molecular flexibility index (Phi) is 4.50. The molecule has 2 unspecified atom stereocenters. The Labute approximate surface area is 166 Å². The number of amides is 2. The summed E-state index contributed by atoms with van der Waals surface area (Å²) >= 11 is 0. The molecule has 2 fully saturated rings. The van der Waals surface area contributed by atoms with Crippen LogP contribution in [0.5, 0.6) is 0 Å². The fraction of sp³-hybridized carbons (Fsp3) is 0.524. The average Bonchev–Trinajstić information content (AvgIpc) is 2.85. The second-order valence-corrected chi connectivity index (χ2v) is 10.9. The Morgan fingerprint density at radius 2 is 1.39 bits per heavy atom. The van der Waals surface area contributed by atoms with Crippen molar-refractivity contribution in [2.24, 2.45) is 11.8 Å². The number of allylic oxidation sites excluding steroid dienone is 2. The summed E-state index contributed by atoms with van der Waals surface area (Å²) < 4.78 is 27.1. The summed E-state index contributed by atoms with van der Waals surface area (Å²) in [6.07, 6.45) is 5.10. The van der Waals surface area contributed by atoms with Gasteiger partial charge in [0.1, 0.15) is 0 Å². The van der Waals surface area contributed by atoms with Crippen LogP contribution >= 0.6 is 0 Å². The van der Waals surface area contributed by atoms with Gasteiger partial charge in [-0.05, 0) is 36.0 Å². The van der Waals surface area contributed by atoms with Crippen molar-refractivity contribution in [2.45, 2.75) is 50.0 Å². The largest absolute Gasteiger partial charge is 0.276 e. The lowest BCUT2D eigenvalue weighted by molar-refractivity contribution is -0.145. The zero-order valence-corrected chi connectivity index (χ0v) is 17.3. The molecule has 2 atom stereocenters. The Balaban J connectivity index is 1.46. The van der Waals surface area contributed by atoms with Crippen LogP contribution in [-0.4, -0.2) is 48.6 Å². The first-order chi connectivity index (χ1) is 13.1. The number of hydrogen-bond donors (Lipinski definition) is 0. The molecule has 2 saturated heterocycles. The molecule has 2 heterocycles. The molecule has 0 radical (unpaired) electrons. The molecular weight excluding hydrogens is 376 g/mol. The van der Waals surface area contributed by atoms with Gasteiger partial charge in [-0.3, -0.25) is 14.5 Å². The Morgan fingerprint density at radius 3 is 1.86 bits per heavy atom. The molecule has 1 aromatic rings. The monoisotopic (exact) mass is 402 g/mol. The molecule has 2 aliphatic heterocycles. The van der Waals surface area contributed by atoms with Crippen LogP contribution in [0, 0.1) is 11.8 Å². The molecule has 0 spiro atoms. The minimum absolute atomic E-state index is 0.0493.